The molecular formula is C17H32N2O. The average molecular weight is 280 g/mol. The highest BCUT2D eigenvalue weighted by molar-refractivity contribution is 5.78. The van der Waals surface area contributed by atoms with E-state index in [9.17, 15) is 4.79 Å². The molecule has 0 aromatic heterocycles. The number of fused-ring (bicyclic) bond motifs is 2. The molecule has 0 saturated heterocycles. The largest absolute Gasteiger partial charge is 0.350 e. The minimum atomic E-state index is -0.101. The first-order valence-electron chi connectivity index (χ1n) is 8.17. The quantitative estimate of drug-likeness (QED) is 0.812. The second kappa shape index (κ2) is 5.01. The summed E-state index contributed by atoms with van der Waals surface area (Å²) in [6.07, 6.45) is 4.84. The predicted octanol–water partition coefficient (Wildman–Crippen LogP) is 3.10. The van der Waals surface area contributed by atoms with Crippen LogP contribution in [0, 0.1) is 16.7 Å². The van der Waals surface area contributed by atoms with Gasteiger partial charge in [0.15, 0.2) is 0 Å². The smallest absolute Gasteiger partial charge is 0.234 e. The third-order valence-corrected chi connectivity index (χ3v) is 6.66. The molecule has 3 nitrogen and oxygen atoms in total. The molecule has 0 heterocycles. The fourth-order valence-corrected chi connectivity index (χ4v) is 4.24. The summed E-state index contributed by atoms with van der Waals surface area (Å²) in [7, 11) is 0. The Hall–Kier alpha value is -0.570. The Morgan fingerprint density at radius 2 is 1.95 bits per heavy atom. The van der Waals surface area contributed by atoms with Gasteiger partial charge in [-0.15, -0.1) is 0 Å². The van der Waals surface area contributed by atoms with Gasteiger partial charge in [-0.2, -0.15) is 0 Å². The maximum absolute atomic E-state index is 12.1. The minimum absolute atomic E-state index is 0.101. The third kappa shape index (κ3) is 2.49. The first-order valence-corrected chi connectivity index (χ1v) is 8.17. The van der Waals surface area contributed by atoms with Crippen LogP contribution in [0.3, 0.4) is 0 Å². The summed E-state index contributed by atoms with van der Waals surface area (Å²) in [6.45, 7) is 13.9. The molecule has 2 N–H and O–H groups in total. The number of rotatable bonds is 5. The van der Waals surface area contributed by atoms with Crippen molar-refractivity contribution in [3.63, 3.8) is 0 Å². The third-order valence-electron chi connectivity index (χ3n) is 6.66. The van der Waals surface area contributed by atoms with E-state index in [0.717, 1.165) is 12.3 Å². The fourth-order valence-electron chi connectivity index (χ4n) is 4.24. The van der Waals surface area contributed by atoms with Crippen molar-refractivity contribution in [2.24, 2.45) is 16.7 Å². The molecule has 2 aliphatic carbocycles. The molecule has 2 saturated carbocycles. The summed E-state index contributed by atoms with van der Waals surface area (Å²) < 4.78 is 0. The Balaban J connectivity index is 1.89. The van der Waals surface area contributed by atoms with Crippen LogP contribution in [-0.2, 0) is 4.79 Å². The highest BCUT2D eigenvalue weighted by Crippen LogP contribution is 2.65. The first kappa shape index (κ1) is 15.8. The molecule has 20 heavy (non-hydrogen) atoms. The standard InChI is InChI=1S/C17H32N2O/c1-7-15(2,3)19-14(20)11-18-13-10-12-8-9-17(13,6)16(12,4)5/h12-13,18H,7-11H2,1-6H3,(H,19,20)/t12-,13+,17-/m1/s1. The van der Waals surface area contributed by atoms with Crippen molar-refractivity contribution in [2.75, 3.05) is 6.54 Å². The molecular weight excluding hydrogens is 248 g/mol. The monoisotopic (exact) mass is 280 g/mol. The van der Waals surface area contributed by atoms with Crippen LogP contribution in [0.5, 0.6) is 0 Å². The lowest BCUT2D eigenvalue weighted by atomic mass is 9.69. The number of amides is 1. The topological polar surface area (TPSA) is 41.1 Å². The number of nitrogens with one attached hydrogen (secondary N) is 2. The molecule has 116 valence electrons. The summed E-state index contributed by atoms with van der Waals surface area (Å²) in [4.78, 5) is 12.1. The van der Waals surface area contributed by atoms with E-state index in [-0.39, 0.29) is 11.4 Å². The van der Waals surface area contributed by atoms with Gasteiger partial charge in [0.25, 0.3) is 0 Å². The van der Waals surface area contributed by atoms with Gasteiger partial charge in [-0.1, -0.05) is 27.7 Å². The predicted molar refractivity (Wildman–Crippen MR) is 83.5 cm³/mol. The second-order valence-corrected chi connectivity index (χ2v) is 8.33. The molecule has 3 atom stereocenters. The molecule has 2 fully saturated rings. The van der Waals surface area contributed by atoms with Crippen molar-refractivity contribution >= 4 is 5.91 Å². The zero-order chi connectivity index (χ0) is 15.2. The van der Waals surface area contributed by atoms with Crippen molar-refractivity contribution in [1.29, 1.82) is 0 Å². The molecule has 3 heteroatoms. The summed E-state index contributed by atoms with van der Waals surface area (Å²) in [5.74, 6) is 0.946. The molecule has 0 aliphatic heterocycles. The molecule has 2 aliphatic rings. The van der Waals surface area contributed by atoms with Gasteiger partial charge >= 0.3 is 0 Å². The van der Waals surface area contributed by atoms with Crippen molar-refractivity contribution in [3.05, 3.63) is 0 Å². The van der Waals surface area contributed by atoms with E-state index in [0.29, 0.717) is 23.4 Å². The van der Waals surface area contributed by atoms with Gasteiger partial charge in [0.05, 0.1) is 6.54 Å². The van der Waals surface area contributed by atoms with Gasteiger partial charge < -0.3 is 10.6 Å². The summed E-state index contributed by atoms with van der Waals surface area (Å²) >= 11 is 0. The second-order valence-electron chi connectivity index (χ2n) is 8.33. The highest BCUT2D eigenvalue weighted by Gasteiger charge is 2.61. The summed E-state index contributed by atoms with van der Waals surface area (Å²) in [5, 5.41) is 6.65. The van der Waals surface area contributed by atoms with E-state index < -0.39 is 0 Å². The Labute approximate surface area is 124 Å². The average Bonchev–Trinajstić information content (AvgIpc) is 2.68. The van der Waals surface area contributed by atoms with Crippen LogP contribution in [-0.4, -0.2) is 24.0 Å². The molecule has 0 aromatic rings. The SMILES string of the molecule is CCC(C)(C)NC(=O)CN[C@H]1C[C@H]2CC[C@@]1(C)C2(C)C. The van der Waals surface area contributed by atoms with Crippen molar-refractivity contribution in [1.82, 2.24) is 10.6 Å². The zero-order valence-corrected chi connectivity index (χ0v) is 14.1. The lowest BCUT2D eigenvalue weighted by Crippen LogP contribution is -2.51. The van der Waals surface area contributed by atoms with Crippen LogP contribution in [0.4, 0.5) is 0 Å². The van der Waals surface area contributed by atoms with Crippen molar-refractivity contribution in [2.45, 2.75) is 78.8 Å². The van der Waals surface area contributed by atoms with Gasteiger partial charge in [-0.25, -0.2) is 0 Å². The Kier molecular flexibility index (Phi) is 3.96. The summed E-state index contributed by atoms with van der Waals surface area (Å²) in [5.41, 5.74) is 0.651. The van der Waals surface area contributed by atoms with Crippen molar-refractivity contribution < 1.29 is 4.79 Å². The van der Waals surface area contributed by atoms with E-state index >= 15 is 0 Å². The normalized spacial score (nSPS) is 35.3. The Morgan fingerprint density at radius 3 is 2.40 bits per heavy atom. The molecule has 0 spiro atoms. The maximum Gasteiger partial charge on any atom is 0.234 e. The van der Waals surface area contributed by atoms with Crippen LogP contribution >= 0.6 is 0 Å². The van der Waals surface area contributed by atoms with Gasteiger partial charge in [-0.05, 0) is 56.3 Å². The number of carbonyl (C=O) groups is 1. The molecule has 1 amide bonds. The Bertz CT molecular complexity index is 388. The molecule has 0 unspecified atom stereocenters. The number of hydrogen-bond acceptors (Lipinski definition) is 2. The highest BCUT2D eigenvalue weighted by atomic mass is 16.2. The van der Waals surface area contributed by atoms with E-state index in [2.05, 4.69) is 52.2 Å². The molecule has 0 aromatic carbocycles. The molecule has 2 bridgehead atoms. The lowest BCUT2D eigenvalue weighted by molar-refractivity contribution is -0.122. The van der Waals surface area contributed by atoms with Gasteiger partial charge in [0.1, 0.15) is 0 Å². The molecule has 2 rings (SSSR count). The van der Waals surface area contributed by atoms with Crippen LogP contribution in [0.2, 0.25) is 0 Å². The lowest BCUT2D eigenvalue weighted by Gasteiger charge is -2.39. The first-order chi connectivity index (χ1) is 9.12. The van der Waals surface area contributed by atoms with Gasteiger partial charge in [-0.3, -0.25) is 4.79 Å². The van der Waals surface area contributed by atoms with E-state index in [1.54, 1.807) is 0 Å². The van der Waals surface area contributed by atoms with Crippen LogP contribution < -0.4 is 10.6 Å². The van der Waals surface area contributed by atoms with Gasteiger partial charge in [0, 0.05) is 11.6 Å². The number of carbonyl (C=O) groups excluding carboxylic acids is 1. The molecule has 0 radical (unpaired) electrons. The van der Waals surface area contributed by atoms with Crippen LogP contribution in [0.15, 0.2) is 0 Å². The van der Waals surface area contributed by atoms with E-state index in [4.69, 9.17) is 0 Å². The Morgan fingerprint density at radius 1 is 1.30 bits per heavy atom. The summed E-state index contributed by atoms with van der Waals surface area (Å²) in [6, 6.07) is 0.492. The minimum Gasteiger partial charge on any atom is -0.350 e. The fraction of sp³-hybridized carbons (Fsp3) is 0.941. The van der Waals surface area contributed by atoms with Crippen molar-refractivity contribution in [3.8, 4) is 0 Å². The zero-order valence-electron chi connectivity index (χ0n) is 14.1. The van der Waals surface area contributed by atoms with Crippen LogP contribution in [0.1, 0.15) is 67.2 Å². The number of hydrogen-bond donors (Lipinski definition) is 2. The van der Waals surface area contributed by atoms with E-state index in [1.165, 1.54) is 19.3 Å². The van der Waals surface area contributed by atoms with Gasteiger partial charge in [0.2, 0.25) is 5.91 Å². The van der Waals surface area contributed by atoms with Crippen LogP contribution in [0.25, 0.3) is 0 Å². The van der Waals surface area contributed by atoms with E-state index in [1.807, 2.05) is 0 Å². The maximum atomic E-state index is 12.1.